The molecule has 0 heterocycles. The monoisotopic (exact) mass is 239 g/mol. The zero-order valence-corrected chi connectivity index (χ0v) is 8.13. The Morgan fingerprint density at radius 2 is 2.11 bits per heavy atom. The van der Waals surface area contributed by atoms with E-state index in [1.165, 1.54) is 6.42 Å². The molecule has 1 rings (SSSR count). The highest BCUT2D eigenvalue weighted by Crippen LogP contribution is 2.44. The molecule has 0 saturated heterocycles. The molecule has 0 spiro atoms. The second-order valence-electron chi connectivity index (χ2n) is 3.18. The van der Waals surface area contributed by atoms with Gasteiger partial charge in [0, 0.05) is 9.97 Å². The molecule has 9 heavy (non-hydrogen) atoms. The molecule has 1 saturated carbocycles. The van der Waals surface area contributed by atoms with Crippen LogP contribution in [0.3, 0.4) is 0 Å². The summed E-state index contributed by atoms with van der Waals surface area (Å²) in [6, 6.07) is 0.376. The molecule has 0 aliphatic heterocycles. The predicted octanol–water partition coefficient (Wildman–Crippen LogP) is 1.79. The average molecular weight is 239 g/mol. The van der Waals surface area contributed by atoms with Crippen LogP contribution in [0.4, 0.5) is 0 Å². The number of rotatable bonds is 2. The maximum absolute atomic E-state index is 5.73. The van der Waals surface area contributed by atoms with Gasteiger partial charge in [0.2, 0.25) is 0 Å². The Morgan fingerprint density at radius 3 is 2.22 bits per heavy atom. The Kier molecular flexibility index (Phi) is 2.37. The zero-order chi connectivity index (χ0) is 7.02. The molecule has 0 aromatic carbocycles. The summed E-state index contributed by atoms with van der Waals surface area (Å²) < 4.78 is 0.706. The first kappa shape index (κ1) is 7.79. The van der Waals surface area contributed by atoms with Crippen molar-refractivity contribution in [2.45, 2.75) is 30.2 Å². The van der Waals surface area contributed by atoms with Crippen molar-refractivity contribution in [2.24, 2.45) is 17.6 Å². The van der Waals surface area contributed by atoms with Gasteiger partial charge in [0.15, 0.2) is 0 Å². The Hall–Kier alpha value is 0.690. The lowest BCUT2D eigenvalue weighted by Crippen LogP contribution is -2.28. The summed E-state index contributed by atoms with van der Waals surface area (Å²) in [7, 11) is 0. The molecule has 2 heteroatoms. The molecule has 1 fully saturated rings. The summed E-state index contributed by atoms with van der Waals surface area (Å²) in [5.41, 5.74) is 5.73. The van der Waals surface area contributed by atoms with E-state index in [0.717, 1.165) is 11.8 Å². The summed E-state index contributed by atoms with van der Waals surface area (Å²) >= 11 is 2.47. The van der Waals surface area contributed by atoms with Crippen molar-refractivity contribution in [1.82, 2.24) is 0 Å². The minimum Gasteiger partial charge on any atom is -0.327 e. The quantitative estimate of drug-likeness (QED) is 0.577. The van der Waals surface area contributed by atoms with Crippen LogP contribution in [0.5, 0.6) is 0 Å². The van der Waals surface area contributed by atoms with Crippen LogP contribution in [-0.2, 0) is 0 Å². The predicted molar refractivity (Wildman–Crippen MR) is 48.7 cm³/mol. The van der Waals surface area contributed by atoms with E-state index in [-0.39, 0.29) is 0 Å². The van der Waals surface area contributed by atoms with Crippen LogP contribution in [0.2, 0.25) is 0 Å². The highest BCUT2D eigenvalue weighted by Gasteiger charge is 2.39. The first-order valence-electron chi connectivity index (χ1n) is 3.52. The summed E-state index contributed by atoms with van der Waals surface area (Å²) in [5, 5.41) is 0. The lowest BCUT2D eigenvalue weighted by molar-refractivity contribution is 0.620. The van der Waals surface area contributed by atoms with Crippen LogP contribution < -0.4 is 5.73 Å². The highest BCUT2D eigenvalue weighted by atomic mass is 127. The molecule has 0 aromatic rings. The molecule has 3 unspecified atom stereocenters. The molecule has 1 aliphatic rings. The van der Waals surface area contributed by atoms with E-state index in [1.54, 1.807) is 0 Å². The highest BCUT2D eigenvalue weighted by molar-refractivity contribution is 14.1. The van der Waals surface area contributed by atoms with E-state index in [9.17, 15) is 0 Å². The number of hydrogen-bond acceptors (Lipinski definition) is 1. The summed E-state index contributed by atoms with van der Waals surface area (Å²) in [6.07, 6.45) is 1.40. The van der Waals surface area contributed by atoms with Crippen LogP contribution in [0.1, 0.15) is 20.3 Å². The third kappa shape index (κ3) is 1.80. The van der Waals surface area contributed by atoms with Gasteiger partial charge < -0.3 is 5.73 Å². The third-order valence-electron chi connectivity index (χ3n) is 2.08. The van der Waals surface area contributed by atoms with Gasteiger partial charge in [-0.15, -0.1) is 0 Å². The maximum Gasteiger partial charge on any atom is 0.0289 e. The van der Waals surface area contributed by atoms with E-state index in [4.69, 9.17) is 5.73 Å². The van der Waals surface area contributed by atoms with Crippen molar-refractivity contribution in [2.75, 3.05) is 0 Å². The van der Waals surface area contributed by atoms with Crippen LogP contribution in [0, 0.1) is 11.8 Å². The van der Waals surface area contributed by atoms with Gasteiger partial charge in [-0.3, -0.25) is 0 Å². The molecular formula is C7H14IN. The number of nitrogens with two attached hydrogens (primary N) is 1. The molecule has 2 N–H and O–H groups in total. The first-order valence-corrected chi connectivity index (χ1v) is 4.77. The molecular weight excluding hydrogens is 225 g/mol. The van der Waals surface area contributed by atoms with Gasteiger partial charge in [0.25, 0.3) is 0 Å². The van der Waals surface area contributed by atoms with Gasteiger partial charge in [0.05, 0.1) is 0 Å². The summed E-state index contributed by atoms with van der Waals surface area (Å²) in [6.45, 7) is 4.40. The lowest BCUT2D eigenvalue weighted by atomic mass is 10.1. The van der Waals surface area contributed by atoms with E-state index in [0.29, 0.717) is 9.97 Å². The second-order valence-corrected chi connectivity index (χ2v) is 4.62. The smallest absolute Gasteiger partial charge is 0.0289 e. The molecule has 1 aliphatic carbocycles. The fraction of sp³-hybridized carbons (Fsp3) is 1.00. The van der Waals surface area contributed by atoms with Crippen molar-refractivity contribution >= 4 is 22.6 Å². The van der Waals surface area contributed by atoms with Gasteiger partial charge in [-0.05, 0) is 25.2 Å². The summed E-state index contributed by atoms with van der Waals surface area (Å²) in [5.74, 6) is 1.86. The van der Waals surface area contributed by atoms with Gasteiger partial charge in [0.1, 0.15) is 0 Å². The van der Waals surface area contributed by atoms with Crippen molar-refractivity contribution in [3.63, 3.8) is 0 Å². The van der Waals surface area contributed by atoms with Crippen LogP contribution >= 0.6 is 22.6 Å². The largest absolute Gasteiger partial charge is 0.327 e. The topological polar surface area (TPSA) is 26.0 Å². The molecule has 0 amide bonds. The summed E-state index contributed by atoms with van der Waals surface area (Å²) in [4.78, 5) is 0. The average Bonchev–Trinajstić information content (AvgIpc) is 2.44. The standard InChI is InChI=1S/C7H14IN/c1-4-3-6(4)7(8)5(2)9/h4-7H,3,9H2,1-2H3/t4-,5?,6?,7?/m0/s1. The van der Waals surface area contributed by atoms with Crippen LogP contribution in [0.25, 0.3) is 0 Å². The van der Waals surface area contributed by atoms with Gasteiger partial charge in [-0.2, -0.15) is 0 Å². The Labute approximate surface area is 70.5 Å². The molecule has 0 bridgehead atoms. The number of halogens is 1. The van der Waals surface area contributed by atoms with Gasteiger partial charge in [-0.25, -0.2) is 0 Å². The van der Waals surface area contributed by atoms with E-state index < -0.39 is 0 Å². The number of hydrogen-bond donors (Lipinski definition) is 1. The van der Waals surface area contributed by atoms with E-state index in [1.807, 2.05) is 0 Å². The second kappa shape index (κ2) is 2.74. The fourth-order valence-corrected chi connectivity index (χ4v) is 2.19. The molecule has 0 aromatic heterocycles. The first-order chi connectivity index (χ1) is 4.13. The van der Waals surface area contributed by atoms with Crippen molar-refractivity contribution in [1.29, 1.82) is 0 Å². The van der Waals surface area contributed by atoms with E-state index >= 15 is 0 Å². The Balaban J connectivity index is 2.27. The van der Waals surface area contributed by atoms with Crippen LogP contribution in [-0.4, -0.2) is 9.97 Å². The minimum atomic E-state index is 0.376. The molecule has 1 nitrogen and oxygen atoms in total. The maximum atomic E-state index is 5.73. The molecule has 0 radical (unpaired) electrons. The zero-order valence-electron chi connectivity index (χ0n) is 5.97. The van der Waals surface area contributed by atoms with Crippen LogP contribution in [0.15, 0.2) is 0 Å². The Morgan fingerprint density at radius 1 is 1.67 bits per heavy atom. The van der Waals surface area contributed by atoms with Crippen molar-refractivity contribution < 1.29 is 0 Å². The van der Waals surface area contributed by atoms with E-state index in [2.05, 4.69) is 36.4 Å². The molecule has 4 atom stereocenters. The van der Waals surface area contributed by atoms with Crippen molar-refractivity contribution in [3.8, 4) is 0 Å². The van der Waals surface area contributed by atoms with Gasteiger partial charge in [-0.1, -0.05) is 29.5 Å². The van der Waals surface area contributed by atoms with Crippen molar-refractivity contribution in [3.05, 3.63) is 0 Å². The van der Waals surface area contributed by atoms with Gasteiger partial charge >= 0.3 is 0 Å². The Bertz CT molecular complexity index is 103. The lowest BCUT2D eigenvalue weighted by Gasteiger charge is -2.11. The minimum absolute atomic E-state index is 0.376. The number of alkyl halides is 1. The normalized spacial score (nSPS) is 40.0. The third-order valence-corrected chi connectivity index (χ3v) is 4.14. The fourth-order valence-electron chi connectivity index (χ4n) is 1.18. The molecule has 54 valence electrons. The SMILES string of the molecule is CC(N)C(I)C1C[C@@H]1C.